The zero-order chi connectivity index (χ0) is 15.8. The van der Waals surface area contributed by atoms with Crippen molar-refractivity contribution in [1.82, 2.24) is 10.6 Å². The third-order valence-electron chi connectivity index (χ3n) is 5.46. The molecule has 2 aliphatic rings. The molecule has 120 valence electrons. The first kappa shape index (κ1) is 15.5. The molecule has 1 heterocycles. The van der Waals surface area contributed by atoms with Crippen molar-refractivity contribution < 1.29 is 4.79 Å². The molecule has 2 fully saturated rings. The summed E-state index contributed by atoms with van der Waals surface area (Å²) in [6.07, 6.45) is 4.28. The highest BCUT2D eigenvalue weighted by atomic mass is 16.2. The van der Waals surface area contributed by atoms with Crippen molar-refractivity contribution >= 4 is 5.91 Å². The molecular weight excluding hydrogens is 272 g/mol. The van der Waals surface area contributed by atoms with Crippen LogP contribution in [0.4, 0.5) is 0 Å². The first-order valence-corrected chi connectivity index (χ1v) is 8.49. The fraction of sp³-hybridized carbons (Fsp3) is 0.632. The molecule has 1 aromatic rings. The van der Waals surface area contributed by atoms with E-state index in [0.717, 1.165) is 38.8 Å². The van der Waals surface area contributed by atoms with Gasteiger partial charge in [0.25, 0.3) is 0 Å². The summed E-state index contributed by atoms with van der Waals surface area (Å²) in [7, 11) is 0. The van der Waals surface area contributed by atoms with Crippen molar-refractivity contribution in [2.24, 2.45) is 11.3 Å². The Balaban J connectivity index is 1.60. The van der Waals surface area contributed by atoms with Gasteiger partial charge in [-0.25, -0.2) is 0 Å². The summed E-state index contributed by atoms with van der Waals surface area (Å²) in [5, 5.41) is 6.70. The molecule has 1 unspecified atom stereocenters. The summed E-state index contributed by atoms with van der Waals surface area (Å²) in [5.41, 5.74) is 2.74. The summed E-state index contributed by atoms with van der Waals surface area (Å²) in [4.78, 5) is 12.6. The molecule has 22 heavy (non-hydrogen) atoms. The maximum atomic E-state index is 12.6. The highest BCUT2D eigenvalue weighted by Gasteiger charge is 2.58. The molecule has 1 saturated heterocycles. The lowest BCUT2D eigenvalue weighted by atomic mass is 9.90. The standard InChI is InChI=1S/C19H28N2O/c1-14-6-4-5-7-15(14)12-18(2,3)21-17(22)16-13-19(16)8-10-20-11-9-19/h4-7,16,20H,8-13H2,1-3H3,(H,21,22). The molecule has 1 saturated carbocycles. The lowest BCUT2D eigenvalue weighted by Gasteiger charge is -2.29. The number of piperidine rings is 1. The monoisotopic (exact) mass is 300 g/mol. The number of hydrogen-bond donors (Lipinski definition) is 2. The molecule has 3 nitrogen and oxygen atoms in total. The van der Waals surface area contributed by atoms with Crippen LogP contribution >= 0.6 is 0 Å². The first-order chi connectivity index (χ1) is 10.4. The van der Waals surface area contributed by atoms with Crippen molar-refractivity contribution in [1.29, 1.82) is 0 Å². The first-order valence-electron chi connectivity index (χ1n) is 8.49. The Bertz CT molecular complexity index is 558. The minimum atomic E-state index is -0.195. The largest absolute Gasteiger partial charge is 0.351 e. The van der Waals surface area contributed by atoms with E-state index < -0.39 is 0 Å². The lowest BCUT2D eigenvalue weighted by Crippen LogP contribution is -2.47. The van der Waals surface area contributed by atoms with Crippen LogP contribution in [-0.2, 0) is 11.2 Å². The zero-order valence-electron chi connectivity index (χ0n) is 14.0. The normalized spacial score (nSPS) is 23.3. The van der Waals surface area contributed by atoms with Crippen molar-refractivity contribution in [3.63, 3.8) is 0 Å². The van der Waals surface area contributed by atoms with Crippen LogP contribution in [0.1, 0.15) is 44.2 Å². The summed E-state index contributed by atoms with van der Waals surface area (Å²) in [6.45, 7) is 8.54. The third kappa shape index (κ3) is 3.19. The van der Waals surface area contributed by atoms with Gasteiger partial charge in [-0.15, -0.1) is 0 Å². The van der Waals surface area contributed by atoms with Crippen molar-refractivity contribution in [3.8, 4) is 0 Å². The number of amides is 1. The van der Waals surface area contributed by atoms with Gasteiger partial charge in [-0.2, -0.15) is 0 Å². The molecule has 3 rings (SSSR count). The Kier molecular flexibility index (Phi) is 4.02. The summed E-state index contributed by atoms with van der Waals surface area (Å²) >= 11 is 0. The Morgan fingerprint density at radius 1 is 1.32 bits per heavy atom. The topological polar surface area (TPSA) is 41.1 Å². The van der Waals surface area contributed by atoms with Crippen LogP contribution in [0.2, 0.25) is 0 Å². The maximum Gasteiger partial charge on any atom is 0.224 e. The summed E-state index contributed by atoms with van der Waals surface area (Å²) in [6, 6.07) is 8.44. The van der Waals surface area contributed by atoms with Crippen molar-refractivity contribution in [3.05, 3.63) is 35.4 Å². The summed E-state index contributed by atoms with van der Waals surface area (Å²) in [5.74, 6) is 0.506. The molecule has 1 spiro atoms. The van der Waals surface area contributed by atoms with E-state index in [9.17, 15) is 4.79 Å². The molecule has 0 aromatic heterocycles. The Hall–Kier alpha value is -1.35. The fourth-order valence-corrected chi connectivity index (χ4v) is 3.95. The van der Waals surface area contributed by atoms with Gasteiger partial charge in [0.2, 0.25) is 5.91 Å². The van der Waals surface area contributed by atoms with Crippen LogP contribution in [-0.4, -0.2) is 24.5 Å². The smallest absolute Gasteiger partial charge is 0.224 e. The fourth-order valence-electron chi connectivity index (χ4n) is 3.95. The zero-order valence-corrected chi connectivity index (χ0v) is 14.0. The van der Waals surface area contributed by atoms with Gasteiger partial charge in [0.1, 0.15) is 0 Å². The summed E-state index contributed by atoms with van der Waals surface area (Å²) < 4.78 is 0. The quantitative estimate of drug-likeness (QED) is 0.898. The number of hydrogen-bond acceptors (Lipinski definition) is 2. The van der Waals surface area contributed by atoms with E-state index in [4.69, 9.17) is 0 Å². The third-order valence-corrected chi connectivity index (χ3v) is 5.46. The predicted molar refractivity (Wildman–Crippen MR) is 89.7 cm³/mol. The average Bonchev–Trinajstić information content (AvgIpc) is 3.15. The van der Waals surface area contributed by atoms with Crippen LogP contribution in [0, 0.1) is 18.3 Å². The van der Waals surface area contributed by atoms with Gasteiger partial charge in [0.15, 0.2) is 0 Å². The van der Waals surface area contributed by atoms with Crippen LogP contribution in [0.3, 0.4) is 0 Å². The van der Waals surface area contributed by atoms with E-state index in [1.54, 1.807) is 0 Å². The highest BCUT2D eigenvalue weighted by molar-refractivity contribution is 5.83. The van der Waals surface area contributed by atoms with Gasteiger partial charge in [-0.05, 0) is 76.1 Å². The SMILES string of the molecule is Cc1ccccc1CC(C)(C)NC(=O)C1CC12CCNCC2. The molecular formula is C19H28N2O. The molecule has 3 heteroatoms. The molecule has 2 N–H and O–H groups in total. The minimum Gasteiger partial charge on any atom is -0.351 e. The van der Waals surface area contributed by atoms with Crippen molar-refractivity contribution in [2.45, 2.75) is 52.0 Å². The average molecular weight is 300 g/mol. The highest BCUT2D eigenvalue weighted by Crippen LogP contribution is 2.58. The van der Waals surface area contributed by atoms with Crippen LogP contribution in [0.25, 0.3) is 0 Å². The van der Waals surface area contributed by atoms with E-state index >= 15 is 0 Å². The molecule has 1 amide bonds. The second-order valence-corrected chi connectivity index (χ2v) is 7.85. The van der Waals surface area contributed by atoms with Gasteiger partial charge in [-0.1, -0.05) is 24.3 Å². The molecule has 0 radical (unpaired) electrons. The van der Waals surface area contributed by atoms with Crippen molar-refractivity contribution in [2.75, 3.05) is 13.1 Å². The molecule has 0 bridgehead atoms. The minimum absolute atomic E-state index is 0.195. The number of rotatable bonds is 4. The maximum absolute atomic E-state index is 12.6. The molecule has 1 aliphatic carbocycles. The van der Waals surface area contributed by atoms with E-state index in [0.29, 0.717) is 5.41 Å². The van der Waals surface area contributed by atoms with E-state index in [1.165, 1.54) is 11.1 Å². The van der Waals surface area contributed by atoms with Gasteiger partial charge in [0, 0.05) is 11.5 Å². The molecule has 1 aromatic carbocycles. The van der Waals surface area contributed by atoms with Gasteiger partial charge < -0.3 is 10.6 Å². The molecule has 1 atom stereocenters. The van der Waals surface area contributed by atoms with Gasteiger partial charge in [0.05, 0.1) is 0 Å². The van der Waals surface area contributed by atoms with Crippen LogP contribution in [0.5, 0.6) is 0 Å². The Morgan fingerprint density at radius 3 is 2.68 bits per heavy atom. The Morgan fingerprint density at radius 2 is 2.00 bits per heavy atom. The van der Waals surface area contributed by atoms with Gasteiger partial charge >= 0.3 is 0 Å². The molecule has 1 aliphatic heterocycles. The van der Waals surface area contributed by atoms with E-state index in [-0.39, 0.29) is 17.4 Å². The number of carbonyl (C=O) groups excluding carboxylic acids is 1. The van der Waals surface area contributed by atoms with Crippen LogP contribution < -0.4 is 10.6 Å². The number of carbonyl (C=O) groups is 1. The number of nitrogens with one attached hydrogen (secondary N) is 2. The number of benzene rings is 1. The second kappa shape index (κ2) is 5.69. The van der Waals surface area contributed by atoms with Gasteiger partial charge in [-0.3, -0.25) is 4.79 Å². The lowest BCUT2D eigenvalue weighted by molar-refractivity contribution is -0.124. The predicted octanol–water partition coefficient (Wildman–Crippen LogP) is 2.82. The Labute approximate surface area is 133 Å². The van der Waals surface area contributed by atoms with E-state index in [1.807, 2.05) is 0 Å². The van der Waals surface area contributed by atoms with E-state index in [2.05, 4.69) is 55.7 Å². The number of aryl methyl sites for hydroxylation is 1. The second-order valence-electron chi connectivity index (χ2n) is 7.85. The van der Waals surface area contributed by atoms with Crippen LogP contribution in [0.15, 0.2) is 24.3 Å².